The maximum Gasteiger partial charge on any atom is 0.306 e. The summed E-state index contributed by atoms with van der Waals surface area (Å²) < 4.78 is 33.7. The molecule has 0 aliphatic heterocycles. The minimum atomic E-state index is -3.36. The van der Waals surface area contributed by atoms with Crippen LogP contribution >= 0.6 is 0 Å². The number of hydrogen-bond acceptors (Lipinski definition) is 5. The fourth-order valence-corrected chi connectivity index (χ4v) is 4.76. The number of ketones is 2. The molecule has 7 heteroatoms. The predicted octanol–water partition coefficient (Wildman–Crippen LogP) is 6.06. The third-order valence-corrected chi connectivity index (χ3v) is 7.14. The minimum Gasteiger partial charge on any atom is -0.461 e. The van der Waals surface area contributed by atoms with Crippen molar-refractivity contribution < 1.29 is 33.0 Å². The average Bonchev–Trinajstić information content (AvgIpc) is 3.10. The second kappa shape index (κ2) is 14.4. The average molecular weight is 495 g/mol. The Balaban J connectivity index is 1.67. The maximum absolute atomic E-state index is 14.2. The smallest absolute Gasteiger partial charge is 0.306 e. The van der Waals surface area contributed by atoms with Crippen molar-refractivity contribution in [1.82, 2.24) is 0 Å². The van der Waals surface area contributed by atoms with Crippen LogP contribution in [0.4, 0.5) is 8.78 Å². The second-order valence-electron chi connectivity index (χ2n) is 9.99. The van der Waals surface area contributed by atoms with E-state index < -0.39 is 36.1 Å². The lowest BCUT2D eigenvalue weighted by atomic mass is 9.84. The number of carbonyl (C=O) groups is 3. The van der Waals surface area contributed by atoms with Crippen LogP contribution in [-0.2, 0) is 25.7 Å². The Morgan fingerprint density at radius 1 is 1.09 bits per heavy atom. The number of ether oxygens (including phenoxy) is 1. The molecule has 0 heterocycles. The van der Waals surface area contributed by atoms with Crippen molar-refractivity contribution in [2.75, 3.05) is 0 Å². The summed E-state index contributed by atoms with van der Waals surface area (Å²) in [5, 5.41) is 10.3. The first kappa shape index (κ1) is 29.1. The molecule has 0 saturated heterocycles. The van der Waals surface area contributed by atoms with E-state index in [1.165, 1.54) is 0 Å². The van der Waals surface area contributed by atoms with E-state index >= 15 is 0 Å². The summed E-state index contributed by atoms with van der Waals surface area (Å²) in [6.07, 6.45) is 3.05. The number of hydrogen-bond donors (Lipinski definition) is 1. The zero-order chi connectivity index (χ0) is 25.8. The molecule has 1 unspecified atom stereocenters. The van der Waals surface area contributed by atoms with Gasteiger partial charge in [-0.3, -0.25) is 14.4 Å². The van der Waals surface area contributed by atoms with Crippen LogP contribution < -0.4 is 0 Å². The first-order valence-corrected chi connectivity index (χ1v) is 13.0. The standard InChI is InChI=1S/C28H40F2O5/c1-3-20(2)18-28(29,30)26(33)16-15-23-22(24(31)17-25(23)32)13-9-4-5-10-14-27(34)35-19-21-11-7-6-8-12-21/h6-8,11-12,20,22-23,25,32H,3-5,9-10,13-19H2,1-2H3/t20?,22-,23-,25-/m1/s1. The molecule has 0 radical (unpaired) electrons. The van der Waals surface area contributed by atoms with Gasteiger partial charge in [-0.2, -0.15) is 8.78 Å². The van der Waals surface area contributed by atoms with E-state index in [2.05, 4.69) is 0 Å². The first-order valence-electron chi connectivity index (χ1n) is 13.0. The number of rotatable bonds is 16. The summed E-state index contributed by atoms with van der Waals surface area (Å²) in [5.41, 5.74) is 0.944. The van der Waals surface area contributed by atoms with Crippen LogP contribution in [0.25, 0.3) is 0 Å². The number of Topliss-reactive ketones (excluding diaryl/α,β-unsaturated/α-hetero) is 2. The van der Waals surface area contributed by atoms with Crippen LogP contribution in [0.2, 0.25) is 0 Å². The molecule has 1 aliphatic carbocycles. The fraction of sp³-hybridized carbons (Fsp3) is 0.679. The molecule has 1 aromatic carbocycles. The van der Waals surface area contributed by atoms with Gasteiger partial charge in [0.15, 0.2) is 0 Å². The van der Waals surface area contributed by atoms with Crippen molar-refractivity contribution in [3.05, 3.63) is 35.9 Å². The number of unbranched alkanes of at least 4 members (excludes halogenated alkanes) is 3. The Kier molecular flexibility index (Phi) is 12.0. The van der Waals surface area contributed by atoms with Gasteiger partial charge in [0.25, 0.3) is 0 Å². The van der Waals surface area contributed by atoms with E-state index in [1.807, 2.05) is 37.3 Å². The number of alkyl halides is 2. The van der Waals surface area contributed by atoms with E-state index in [9.17, 15) is 28.3 Å². The lowest BCUT2D eigenvalue weighted by molar-refractivity contribution is -0.146. The highest BCUT2D eigenvalue weighted by Crippen LogP contribution is 2.37. The summed E-state index contributed by atoms with van der Waals surface area (Å²) in [7, 11) is 0. The molecule has 1 aliphatic rings. The lowest BCUT2D eigenvalue weighted by Crippen LogP contribution is -2.32. The number of aliphatic hydroxyl groups excluding tert-OH is 1. The normalized spacial score (nSPS) is 21.2. The van der Waals surface area contributed by atoms with Crippen molar-refractivity contribution in [3.8, 4) is 0 Å². The van der Waals surface area contributed by atoms with Gasteiger partial charge in [-0.25, -0.2) is 0 Å². The Hall–Kier alpha value is -2.15. The van der Waals surface area contributed by atoms with Gasteiger partial charge in [-0.1, -0.05) is 69.9 Å². The highest BCUT2D eigenvalue weighted by Gasteiger charge is 2.43. The molecule has 2 rings (SSSR count). The van der Waals surface area contributed by atoms with Crippen molar-refractivity contribution in [2.45, 2.75) is 103 Å². The van der Waals surface area contributed by atoms with Crippen LogP contribution in [0, 0.1) is 17.8 Å². The number of benzene rings is 1. The molecule has 1 aromatic rings. The van der Waals surface area contributed by atoms with Crippen LogP contribution in [-0.4, -0.2) is 34.7 Å². The van der Waals surface area contributed by atoms with Crippen molar-refractivity contribution in [2.24, 2.45) is 17.8 Å². The largest absolute Gasteiger partial charge is 0.461 e. The summed E-state index contributed by atoms with van der Waals surface area (Å²) in [4.78, 5) is 36.4. The van der Waals surface area contributed by atoms with Gasteiger partial charge in [-0.05, 0) is 36.7 Å². The van der Waals surface area contributed by atoms with Crippen LogP contribution in [0.3, 0.4) is 0 Å². The minimum absolute atomic E-state index is 0.0278. The molecule has 4 atom stereocenters. The zero-order valence-corrected chi connectivity index (χ0v) is 21.0. The number of aliphatic hydroxyl groups is 1. The molecule has 1 fully saturated rings. The highest BCUT2D eigenvalue weighted by molar-refractivity contribution is 5.86. The zero-order valence-electron chi connectivity index (χ0n) is 21.0. The third-order valence-electron chi connectivity index (χ3n) is 7.14. The Morgan fingerprint density at radius 2 is 1.77 bits per heavy atom. The van der Waals surface area contributed by atoms with E-state index in [0.717, 1.165) is 24.8 Å². The molecule has 0 bridgehead atoms. The Bertz CT molecular complexity index is 811. The highest BCUT2D eigenvalue weighted by atomic mass is 19.3. The van der Waals surface area contributed by atoms with E-state index in [4.69, 9.17) is 4.74 Å². The molecule has 1 N–H and O–H groups in total. The maximum atomic E-state index is 14.2. The molecule has 1 saturated carbocycles. The van der Waals surface area contributed by atoms with Gasteiger partial charge < -0.3 is 9.84 Å². The Morgan fingerprint density at radius 3 is 2.46 bits per heavy atom. The number of carbonyl (C=O) groups excluding carboxylic acids is 3. The summed E-state index contributed by atoms with van der Waals surface area (Å²) in [6.45, 7) is 3.78. The first-order chi connectivity index (χ1) is 16.6. The summed E-state index contributed by atoms with van der Waals surface area (Å²) in [5.74, 6) is -5.83. The number of esters is 1. The predicted molar refractivity (Wildman–Crippen MR) is 130 cm³/mol. The SMILES string of the molecule is CCC(C)CC(F)(F)C(=O)CC[C@H]1[C@H](O)CC(=O)[C@@H]1CCCCCCC(=O)OCc1ccccc1. The molecule has 0 aromatic heterocycles. The second-order valence-corrected chi connectivity index (χ2v) is 9.99. The molecule has 0 amide bonds. The van der Waals surface area contributed by atoms with E-state index in [1.54, 1.807) is 6.92 Å². The van der Waals surface area contributed by atoms with Crippen LogP contribution in [0.1, 0.15) is 90.0 Å². The quantitative estimate of drug-likeness (QED) is 0.223. The third kappa shape index (κ3) is 9.79. The summed E-state index contributed by atoms with van der Waals surface area (Å²) >= 11 is 0. The molecule has 35 heavy (non-hydrogen) atoms. The summed E-state index contributed by atoms with van der Waals surface area (Å²) in [6, 6.07) is 9.48. The monoisotopic (exact) mass is 494 g/mol. The molecule has 196 valence electrons. The molecule has 5 nitrogen and oxygen atoms in total. The molecule has 0 spiro atoms. The van der Waals surface area contributed by atoms with Gasteiger partial charge in [0.2, 0.25) is 5.78 Å². The lowest BCUT2D eigenvalue weighted by Gasteiger charge is -2.23. The van der Waals surface area contributed by atoms with Gasteiger partial charge in [0, 0.05) is 31.6 Å². The van der Waals surface area contributed by atoms with E-state index in [0.29, 0.717) is 25.7 Å². The van der Waals surface area contributed by atoms with Gasteiger partial charge >= 0.3 is 11.9 Å². The fourth-order valence-electron chi connectivity index (χ4n) is 4.76. The molecular weight excluding hydrogens is 454 g/mol. The van der Waals surface area contributed by atoms with Crippen molar-refractivity contribution in [3.63, 3.8) is 0 Å². The van der Waals surface area contributed by atoms with Crippen molar-refractivity contribution in [1.29, 1.82) is 0 Å². The Labute approximate surface area is 207 Å². The van der Waals surface area contributed by atoms with Crippen molar-refractivity contribution >= 4 is 17.5 Å². The molecular formula is C28H40F2O5. The van der Waals surface area contributed by atoms with Gasteiger partial charge in [0.1, 0.15) is 12.4 Å². The van der Waals surface area contributed by atoms with Crippen LogP contribution in [0.15, 0.2) is 30.3 Å². The van der Waals surface area contributed by atoms with Gasteiger partial charge in [-0.15, -0.1) is 0 Å². The topological polar surface area (TPSA) is 80.7 Å². The van der Waals surface area contributed by atoms with Crippen LogP contribution in [0.5, 0.6) is 0 Å². The van der Waals surface area contributed by atoms with E-state index in [-0.39, 0.29) is 43.5 Å². The number of halogens is 2. The van der Waals surface area contributed by atoms with Gasteiger partial charge in [0.05, 0.1) is 6.10 Å².